The highest BCUT2D eigenvalue weighted by molar-refractivity contribution is 7.13. The number of aliphatic hydroxyl groups is 1. The Morgan fingerprint density at radius 3 is 2.16 bits per heavy atom. The minimum Gasteiger partial charge on any atom is -0.489 e. The second kappa shape index (κ2) is 22.5. The number of benzene rings is 3. The highest BCUT2D eigenvalue weighted by atomic mass is 32.1. The van der Waals surface area contributed by atoms with Crippen molar-refractivity contribution in [1.29, 1.82) is 5.26 Å². The molecule has 14 nitrogen and oxygen atoms in total. The summed E-state index contributed by atoms with van der Waals surface area (Å²) in [4.78, 5) is 66.3. The summed E-state index contributed by atoms with van der Waals surface area (Å²) >= 11 is 1.57. The number of carbonyl (C=O) groups is 4. The average molecular weight is 1040 g/mol. The number of rotatable bonds is 17. The van der Waals surface area contributed by atoms with E-state index in [-0.39, 0.29) is 55.1 Å². The van der Waals surface area contributed by atoms with Gasteiger partial charge in [-0.05, 0) is 92.1 Å². The number of thiazole rings is 1. The normalized spacial score (nSPS) is 21.7. The van der Waals surface area contributed by atoms with Gasteiger partial charge in [0.1, 0.15) is 23.9 Å². The summed E-state index contributed by atoms with van der Waals surface area (Å²) in [7, 11) is 0. The Morgan fingerprint density at radius 2 is 1.57 bits per heavy atom. The van der Waals surface area contributed by atoms with Crippen LogP contribution in [0.1, 0.15) is 119 Å². The summed E-state index contributed by atoms with van der Waals surface area (Å²) < 4.78 is 47.0. The Morgan fingerprint density at radius 1 is 0.919 bits per heavy atom. The van der Waals surface area contributed by atoms with E-state index in [1.165, 1.54) is 11.0 Å². The third kappa shape index (κ3) is 12.8. The third-order valence-corrected chi connectivity index (χ3v) is 16.1. The minimum absolute atomic E-state index is 0.00356. The standard InChI is InChI=1S/C56H71F3N8O6S/c1-34(37-17-19-38(20-18-37)46-35(2)61-33-74-46)62-49(71)44-28-41(68)31-67(44)50(72)47(53(3,4)5)63-45(69)32-66-26-24-65(25-27-66)23-11-10-12-36-13-15-39(16-14-36)48(70)64-51-54(6,7)52(55(51,8)9)73-42-22-21-40(30-60)43(29-42)56(57,58)59/h13-22,29,33-34,41,44,47,51-52,68H,10-12,23-28,31-32H2,1-9H3,(H,62,71)(H,63,69)(H,64,70)/t34-,41+,44-,47+,51-,52-/m0/s1. The predicted octanol–water partition coefficient (Wildman–Crippen LogP) is 7.93. The summed E-state index contributed by atoms with van der Waals surface area (Å²) in [5.74, 6) is -1.26. The molecule has 0 spiro atoms. The van der Waals surface area contributed by atoms with Crippen molar-refractivity contribution >= 4 is 35.0 Å². The number of unbranched alkanes of at least 4 members (excludes halogenated alkanes) is 1. The number of nitriles is 1. The van der Waals surface area contributed by atoms with Crippen LogP contribution in [0, 0.1) is 34.5 Å². The number of likely N-dealkylation sites (tertiary alicyclic amines) is 1. The first-order valence-electron chi connectivity index (χ1n) is 25.5. The van der Waals surface area contributed by atoms with Crippen LogP contribution < -0.4 is 20.7 Å². The van der Waals surface area contributed by atoms with E-state index < -0.39 is 63.7 Å². The zero-order chi connectivity index (χ0) is 53.9. The number of piperazine rings is 1. The van der Waals surface area contributed by atoms with Crippen molar-refractivity contribution in [3.63, 3.8) is 0 Å². The van der Waals surface area contributed by atoms with Gasteiger partial charge in [-0.3, -0.25) is 24.1 Å². The molecule has 0 unspecified atom stereocenters. The van der Waals surface area contributed by atoms with Crippen LogP contribution in [-0.4, -0.2) is 125 Å². The van der Waals surface area contributed by atoms with Crippen molar-refractivity contribution < 1.29 is 42.2 Å². The van der Waals surface area contributed by atoms with Crippen LogP contribution in [0.4, 0.5) is 13.2 Å². The lowest BCUT2D eigenvalue weighted by Gasteiger charge is -2.63. The van der Waals surface area contributed by atoms with E-state index in [1.54, 1.807) is 17.4 Å². The smallest absolute Gasteiger partial charge is 0.417 e. The molecule has 3 heterocycles. The quantitative estimate of drug-likeness (QED) is 0.0759. The van der Waals surface area contributed by atoms with Crippen LogP contribution in [0.2, 0.25) is 0 Å². The van der Waals surface area contributed by atoms with Crippen molar-refractivity contribution in [2.75, 3.05) is 45.8 Å². The fourth-order valence-corrected chi connectivity index (χ4v) is 12.0. The van der Waals surface area contributed by atoms with Crippen LogP contribution >= 0.6 is 11.3 Å². The molecule has 3 aromatic carbocycles. The van der Waals surface area contributed by atoms with Crippen molar-refractivity contribution in [3.05, 3.63) is 106 Å². The van der Waals surface area contributed by atoms with E-state index in [0.717, 1.165) is 78.3 Å². The Hall–Kier alpha value is -5.87. The maximum absolute atomic E-state index is 14.2. The maximum Gasteiger partial charge on any atom is 0.417 e. The van der Waals surface area contributed by atoms with Gasteiger partial charge in [0.15, 0.2) is 0 Å². The molecule has 3 aliphatic rings. The lowest BCUT2D eigenvalue weighted by molar-refractivity contribution is -0.164. The molecule has 74 heavy (non-hydrogen) atoms. The highest BCUT2D eigenvalue weighted by Gasteiger charge is 2.64. The molecule has 4 N–H and O–H groups in total. The molecule has 4 atom stereocenters. The van der Waals surface area contributed by atoms with Gasteiger partial charge in [0, 0.05) is 61.6 Å². The highest BCUT2D eigenvalue weighted by Crippen LogP contribution is 2.56. The first-order valence-corrected chi connectivity index (χ1v) is 26.4. The first kappa shape index (κ1) is 55.9. The molecule has 0 bridgehead atoms. The van der Waals surface area contributed by atoms with Crippen LogP contribution in [0.25, 0.3) is 10.4 Å². The lowest BCUT2D eigenvalue weighted by Crippen LogP contribution is -2.74. The van der Waals surface area contributed by atoms with Crippen molar-refractivity contribution in [2.45, 2.75) is 131 Å². The topological polar surface area (TPSA) is 180 Å². The molecular weight excluding hydrogens is 970 g/mol. The number of amides is 4. The summed E-state index contributed by atoms with van der Waals surface area (Å²) in [6.07, 6.45) is -3.23. The van der Waals surface area contributed by atoms with E-state index in [2.05, 4.69) is 30.7 Å². The van der Waals surface area contributed by atoms with Crippen molar-refractivity contribution in [2.24, 2.45) is 16.2 Å². The van der Waals surface area contributed by atoms with E-state index in [1.807, 2.05) is 116 Å². The second-order valence-corrected chi connectivity index (χ2v) is 23.4. The zero-order valence-electron chi connectivity index (χ0n) is 43.9. The van der Waals surface area contributed by atoms with Crippen molar-refractivity contribution in [1.82, 2.24) is 35.6 Å². The Labute approximate surface area is 437 Å². The number of β-amino-alcohol motifs (C(OH)–C–C–N with tert-alkyl or cyclic N) is 1. The van der Waals surface area contributed by atoms with Gasteiger partial charge in [-0.25, -0.2) is 4.98 Å². The maximum atomic E-state index is 14.2. The van der Waals surface area contributed by atoms with Gasteiger partial charge in [0.25, 0.3) is 5.91 Å². The molecule has 2 saturated heterocycles. The Kier molecular flexibility index (Phi) is 17.0. The number of hydrogen-bond acceptors (Lipinski definition) is 11. The van der Waals surface area contributed by atoms with Gasteiger partial charge in [-0.1, -0.05) is 84.9 Å². The molecule has 7 rings (SSSR count). The van der Waals surface area contributed by atoms with Crippen molar-refractivity contribution in [3.8, 4) is 22.3 Å². The summed E-state index contributed by atoms with van der Waals surface area (Å²) in [6, 6.07) is 17.9. The lowest BCUT2D eigenvalue weighted by atomic mass is 9.49. The fraction of sp³-hybridized carbons (Fsp3) is 0.536. The predicted molar refractivity (Wildman–Crippen MR) is 278 cm³/mol. The number of aryl methyl sites for hydroxylation is 2. The third-order valence-electron chi connectivity index (χ3n) is 15.1. The Bertz CT molecular complexity index is 2670. The molecule has 398 valence electrons. The number of carbonyl (C=O) groups excluding carboxylic acids is 4. The average Bonchev–Trinajstić information content (AvgIpc) is 3.97. The molecule has 0 radical (unpaired) electrons. The molecule has 1 aliphatic carbocycles. The number of nitrogens with zero attached hydrogens (tertiary/aromatic N) is 5. The number of alkyl halides is 3. The largest absolute Gasteiger partial charge is 0.489 e. The van der Waals surface area contributed by atoms with E-state index in [0.29, 0.717) is 18.7 Å². The second-order valence-electron chi connectivity index (χ2n) is 22.5. The molecule has 1 aromatic heterocycles. The minimum atomic E-state index is -4.70. The summed E-state index contributed by atoms with van der Waals surface area (Å²) in [5, 5.41) is 29.1. The van der Waals surface area contributed by atoms with E-state index >= 15 is 0 Å². The summed E-state index contributed by atoms with van der Waals surface area (Å²) in [5.41, 5.74) is 2.91. The molecule has 4 aromatic rings. The van der Waals surface area contributed by atoms with Crippen LogP contribution in [0.5, 0.6) is 5.75 Å². The molecule has 3 fully saturated rings. The zero-order valence-corrected chi connectivity index (χ0v) is 44.8. The molecule has 4 amide bonds. The molecule has 18 heteroatoms. The van der Waals surface area contributed by atoms with Gasteiger partial charge < -0.3 is 35.6 Å². The number of aliphatic hydroxyl groups excluding tert-OH is 1. The van der Waals surface area contributed by atoms with Gasteiger partial charge in [-0.2, -0.15) is 18.4 Å². The molecular formula is C56H71F3N8O6S. The van der Waals surface area contributed by atoms with Gasteiger partial charge in [-0.15, -0.1) is 11.3 Å². The van der Waals surface area contributed by atoms with Crippen LogP contribution in [0.15, 0.2) is 72.2 Å². The number of hydrogen-bond donors (Lipinski definition) is 4. The Balaban J connectivity index is 0.820. The number of aromatic nitrogens is 1. The monoisotopic (exact) mass is 1040 g/mol. The molecule has 2 aliphatic heterocycles. The summed E-state index contributed by atoms with van der Waals surface area (Å²) in [6.45, 7) is 21.2. The number of nitrogens with one attached hydrogen (secondary N) is 3. The van der Waals surface area contributed by atoms with Crippen LogP contribution in [-0.2, 0) is 27.0 Å². The van der Waals surface area contributed by atoms with E-state index in [4.69, 9.17) is 4.74 Å². The van der Waals surface area contributed by atoms with E-state index in [9.17, 15) is 42.7 Å². The number of halogens is 3. The van der Waals surface area contributed by atoms with Gasteiger partial charge in [0.05, 0.1) is 52.0 Å². The SMILES string of the molecule is Cc1ncsc1-c1ccc([C@H](C)NC(=O)[C@@H]2C[C@@H](O)CN2C(=O)[C@@H](NC(=O)CN2CCN(CCCCc3ccc(C(=O)N[C@H]4C(C)(C)[C@H](Oc5ccc(C#N)c(C(F)(F)F)c5)C4(C)C)cc3)CC2)C(C)(C)C)cc1. The molecule has 1 saturated carbocycles. The number of ether oxygens (including phenoxy) is 1. The van der Waals surface area contributed by atoms with Gasteiger partial charge in [0.2, 0.25) is 17.7 Å². The fourth-order valence-electron chi connectivity index (χ4n) is 11.2. The van der Waals surface area contributed by atoms with Crippen LogP contribution in [0.3, 0.4) is 0 Å². The van der Waals surface area contributed by atoms with Gasteiger partial charge >= 0.3 is 6.18 Å². The first-order chi connectivity index (χ1) is 34.8.